The molecule has 7 atom stereocenters. The summed E-state index contributed by atoms with van der Waals surface area (Å²) in [6, 6.07) is -0.806. The Morgan fingerprint density at radius 1 is 0.583 bits per heavy atom. The molecule has 7 unspecified atom stereocenters. The van der Waals surface area contributed by atoms with E-state index in [4.69, 9.17) is 9.47 Å². The quantitative estimate of drug-likeness (QED) is 0.0266. The first-order valence-corrected chi connectivity index (χ1v) is 23.8. The first kappa shape index (κ1) is 55.4. The maximum absolute atomic E-state index is 12.9. The Bertz CT molecular complexity index is 1210. The van der Waals surface area contributed by atoms with E-state index in [0.717, 1.165) is 89.9 Å². The molecule has 9 heteroatoms. The minimum atomic E-state index is -1.57. The van der Waals surface area contributed by atoms with Gasteiger partial charge in [-0.05, 0) is 70.6 Å². The molecule has 0 aromatic carbocycles. The number of aliphatic hydroxyl groups excluding tert-OH is 5. The van der Waals surface area contributed by atoms with Crippen LogP contribution in [0.4, 0.5) is 0 Å². The van der Waals surface area contributed by atoms with Crippen LogP contribution in [-0.2, 0) is 14.3 Å². The van der Waals surface area contributed by atoms with Gasteiger partial charge in [0.2, 0.25) is 5.91 Å². The molecule has 0 aromatic rings. The van der Waals surface area contributed by atoms with E-state index < -0.39 is 49.5 Å². The second-order valence-electron chi connectivity index (χ2n) is 16.2. The Labute approximate surface area is 365 Å². The fraction of sp³-hybridized carbons (Fsp3) is 0.706. The van der Waals surface area contributed by atoms with Crippen LogP contribution in [0, 0.1) is 0 Å². The smallest absolute Gasteiger partial charge is 0.220 e. The van der Waals surface area contributed by atoms with Gasteiger partial charge in [0, 0.05) is 6.42 Å². The number of unbranched alkanes of at least 4 members (excludes halogenated alkanes) is 16. The third-order valence-corrected chi connectivity index (χ3v) is 10.7. The van der Waals surface area contributed by atoms with Crippen LogP contribution in [0.15, 0.2) is 85.1 Å². The summed E-state index contributed by atoms with van der Waals surface area (Å²) in [6.45, 7) is 3.55. The summed E-state index contributed by atoms with van der Waals surface area (Å²) < 4.78 is 11.1. The van der Waals surface area contributed by atoms with Crippen LogP contribution >= 0.6 is 0 Å². The molecule has 1 saturated heterocycles. The van der Waals surface area contributed by atoms with Crippen LogP contribution in [0.3, 0.4) is 0 Å². The molecular weight excluding hydrogens is 755 g/mol. The third kappa shape index (κ3) is 30.4. The summed E-state index contributed by atoms with van der Waals surface area (Å²) in [6.07, 6.45) is 49.6. The van der Waals surface area contributed by atoms with Crippen molar-refractivity contribution in [1.82, 2.24) is 5.32 Å². The van der Waals surface area contributed by atoms with E-state index in [-0.39, 0.29) is 12.5 Å². The van der Waals surface area contributed by atoms with E-state index >= 15 is 0 Å². The zero-order chi connectivity index (χ0) is 43.7. The normalized spacial score (nSPS) is 21.4. The second kappa shape index (κ2) is 40.4. The number of ether oxygens (including phenoxy) is 2. The number of hydrogen-bond donors (Lipinski definition) is 6. The van der Waals surface area contributed by atoms with Crippen molar-refractivity contribution in [2.45, 2.75) is 217 Å². The Morgan fingerprint density at radius 2 is 1.03 bits per heavy atom. The predicted octanol–water partition coefficient (Wildman–Crippen LogP) is 10.3. The largest absolute Gasteiger partial charge is 0.394 e. The van der Waals surface area contributed by atoms with E-state index in [1.807, 2.05) is 6.08 Å². The molecule has 0 saturated carbocycles. The molecule has 1 fully saturated rings. The monoisotopic (exact) mass is 842 g/mol. The van der Waals surface area contributed by atoms with Gasteiger partial charge in [0.1, 0.15) is 24.4 Å². The number of aliphatic hydroxyl groups is 5. The SMILES string of the molecule is CC/C=C\C/C=C\C/C=C\C/C=C\C/C=C\C/C=C\CCCCCCCCCCCCCCC(=O)NC(COC1OC(CO)C(O)C(O)C1O)C(O)/C=C/CCCCCC. The Kier molecular flexibility index (Phi) is 37.3. The highest BCUT2D eigenvalue weighted by Gasteiger charge is 2.44. The Balaban J connectivity index is 2.12. The lowest BCUT2D eigenvalue weighted by Gasteiger charge is -2.40. The number of amides is 1. The number of carbonyl (C=O) groups is 1. The number of allylic oxidation sites excluding steroid dienone is 13. The molecule has 6 N–H and O–H groups in total. The Morgan fingerprint density at radius 3 is 1.53 bits per heavy atom. The summed E-state index contributed by atoms with van der Waals surface area (Å²) in [5.41, 5.74) is 0. The first-order chi connectivity index (χ1) is 29.3. The summed E-state index contributed by atoms with van der Waals surface area (Å²) in [5, 5.41) is 53.8. The molecule has 1 aliphatic heterocycles. The average Bonchev–Trinajstić information content (AvgIpc) is 3.25. The summed E-state index contributed by atoms with van der Waals surface area (Å²) in [5.74, 6) is -0.190. The summed E-state index contributed by atoms with van der Waals surface area (Å²) in [4.78, 5) is 12.9. The molecule has 0 bridgehead atoms. The van der Waals surface area contributed by atoms with Crippen molar-refractivity contribution in [1.29, 1.82) is 0 Å². The van der Waals surface area contributed by atoms with Gasteiger partial charge in [0.05, 0.1) is 25.4 Å². The molecule has 344 valence electrons. The van der Waals surface area contributed by atoms with E-state index in [1.54, 1.807) is 6.08 Å². The van der Waals surface area contributed by atoms with Crippen molar-refractivity contribution in [3.05, 3.63) is 85.1 Å². The highest BCUT2D eigenvalue weighted by molar-refractivity contribution is 5.76. The fourth-order valence-electron chi connectivity index (χ4n) is 6.92. The van der Waals surface area contributed by atoms with Crippen LogP contribution in [0.1, 0.15) is 174 Å². The number of hydrogen-bond acceptors (Lipinski definition) is 8. The van der Waals surface area contributed by atoms with Gasteiger partial charge in [-0.3, -0.25) is 4.79 Å². The molecule has 1 rings (SSSR count). The highest BCUT2D eigenvalue weighted by Crippen LogP contribution is 2.22. The van der Waals surface area contributed by atoms with Crippen LogP contribution in [0.25, 0.3) is 0 Å². The predicted molar refractivity (Wildman–Crippen MR) is 248 cm³/mol. The van der Waals surface area contributed by atoms with Crippen LogP contribution in [0.2, 0.25) is 0 Å². The second-order valence-corrected chi connectivity index (χ2v) is 16.2. The van der Waals surface area contributed by atoms with Gasteiger partial charge in [-0.2, -0.15) is 0 Å². The van der Waals surface area contributed by atoms with E-state index in [1.165, 1.54) is 64.2 Å². The molecule has 0 aromatic heterocycles. The highest BCUT2D eigenvalue weighted by atomic mass is 16.7. The molecule has 1 aliphatic rings. The minimum absolute atomic E-state index is 0.190. The van der Waals surface area contributed by atoms with Gasteiger partial charge in [0.25, 0.3) is 0 Å². The van der Waals surface area contributed by atoms with Gasteiger partial charge in [-0.25, -0.2) is 0 Å². The number of nitrogens with one attached hydrogen (secondary N) is 1. The molecule has 1 amide bonds. The van der Waals surface area contributed by atoms with Crippen molar-refractivity contribution >= 4 is 5.91 Å². The maximum atomic E-state index is 12.9. The lowest BCUT2D eigenvalue weighted by molar-refractivity contribution is -0.302. The summed E-state index contributed by atoms with van der Waals surface area (Å²) >= 11 is 0. The van der Waals surface area contributed by atoms with Gasteiger partial charge in [-0.1, -0.05) is 182 Å². The first-order valence-electron chi connectivity index (χ1n) is 23.8. The van der Waals surface area contributed by atoms with Crippen LogP contribution < -0.4 is 5.32 Å². The minimum Gasteiger partial charge on any atom is -0.394 e. The van der Waals surface area contributed by atoms with Crippen molar-refractivity contribution in [3.63, 3.8) is 0 Å². The van der Waals surface area contributed by atoms with Gasteiger partial charge >= 0.3 is 0 Å². The van der Waals surface area contributed by atoms with E-state index in [0.29, 0.717) is 6.42 Å². The number of carbonyl (C=O) groups excluding carboxylic acids is 1. The topological polar surface area (TPSA) is 149 Å². The van der Waals surface area contributed by atoms with Crippen LogP contribution in [0.5, 0.6) is 0 Å². The van der Waals surface area contributed by atoms with E-state index in [2.05, 4.69) is 92.1 Å². The number of rotatable bonds is 38. The summed E-state index contributed by atoms with van der Waals surface area (Å²) in [7, 11) is 0. The van der Waals surface area contributed by atoms with E-state index in [9.17, 15) is 30.3 Å². The molecule has 0 aliphatic carbocycles. The zero-order valence-corrected chi connectivity index (χ0v) is 37.7. The van der Waals surface area contributed by atoms with Crippen molar-refractivity contribution < 1.29 is 39.8 Å². The fourth-order valence-corrected chi connectivity index (χ4v) is 6.92. The molecule has 1 heterocycles. The maximum Gasteiger partial charge on any atom is 0.220 e. The van der Waals surface area contributed by atoms with Crippen LogP contribution in [-0.4, -0.2) is 87.5 Å². The van der Waals surface area contributed by atoms with Gasteiger partial charge in [0.15, 0.2) is 6.29 Å². The van der Waals surface area contributed by atoms with Gasteiger partial charge < -0.3 is 40.3 Å². The average molecular weight is 842 g/mol. The third-order valence-electron chi connectivity index (χ3n) is 10.7. The molecular formula is C51H87NO8. The zero-order valence-electron chi connectivity index (χ0n) is 37.7. The molecule has 0 spiro atoms. The molecule has 60 heavy (non-hydrogen) atoms. The van der Waals surface area contributed by atoms with Crippen molar-refractivity contribution in [3.8, 4) is 0 Å². The molecule has 0 radical (unpaired) electrons. The lowest BCUT2D eigenvalue weighted by Crippen LogP contribution is -2.60. The Hall–Kier alpha value is -2.63. The van der Waals surface area contributed by atoms with Crippen molar-refractivity contribution in [2.24, 2.45) is 0 Å². The molecule has 9 nitrogen and oxygen atoms in total. The van der Waals surface area contributed by atoms with Crippen molar-refractivity contribution in [2.75, 3.05) is 13.2 Å². The van der Waals surface area contributed by atoms with Gasteiger partial charge in [-0.15, -0.1) is 0 Å². The standard InChI is InChI=1S/C51H87NO8/c1-3-5-7-9-11-12-13-14-15-16-17-18-19-20-21-22-23-24-25-26-27-28-29-30-31-32-33-34-35-37-39-41-47(55)52-44(45(54)40-38-36-10-8-6-4-2)43-59-51-50(58)49(57)48(56)46(42-53)60-51/h5,7,11-12,14-15,17-18,20-21,23-24,38,40,44-46,48-51,53-54,56-58H,3-4,6,8-10,13,16,19,22,25-37,39,41-43H2,1-2H3,(H,52,55)/b7-5-,12-11-,15-14-,18-17-,21-20-,24-23-,40-38+. The lowest BCUT2D eigenvalue weighted by atomic mass is 9.99.